The number of rotatable bonds is 2. The number of nitrogens with one attached hydrogen (secondary N) is 1. The molecule has 1 aromatic carbocycles. The van der Waals surface area contributed by atoms with Gasteiger partial charge in [-0.3, -0.25) is 0 Å². The van der Waals surface area contributed by atoms with Crippen LogP contribution in [0.5, 0.6) is 0 Å². The molecule has 2 saturated heterocycles. The number of benzene rings is 1. The van der Waals surface area contributed by atoms with Gasteiger partial charge in [-0.25, -0.2) is 4.79 Å². The van der Waals surface area contributed by atoms with Crippen molar-refractivity contribution < 1.29 is 14.6 Å². The van der Waals surface area contributed by atoms with Gasteiger partial charge in [-0.1, -0.05) is 12.1 Å². The maximum Gasteiger partial charge on any atom is 0.407 e. The fraction of sp³-hybridized carbons (Fsp3) is 0.533. The average Bonchev–Trinajstić information content (AvgIpc) is 2.56. The number of carboxylic acid groups (broad SMARTS) is 1. The Morgan fingerprint density at radius 2 is 1.90 bits per heavy atom. The molecule has 3 rings (SSSR count). The summed E-state index contributed by atoms with van der Waals surface area (Å²) >= 11 is 0. The number of anilines is 1. The molecule has 2 heterocycles. The van der Waals surface area contributed by atoms with Crippen LogP contribution in [0.15, 0.2) is 24.3 Å². The van der Waals surface area contributed by atoms with E-state index in [0.29, 0.717) is 19.7 Å². The Balaban J connectivity index is 1.67. The van der Waals surface area contributed by atoms with Crippen molar-refractivity contribution in [3.8, 4) is 0 Å². The normalized spacial score (nSPS) is 23.1. The molecule has 6 nitrogen and oxygen atoms in total. The number of ether oxygens (including phenoxy) is 1. The highest BCUT2D eigenvalue weighted by molar-refractivity contribution is 5.65. The molecule has 2 fully saturated rings. The molecule has 2 N–H and O–H groups in total. The quantitative estimate of drug-likeness (QED) is 0.855. The smallest absolute Gasteiger partial charge is 0.407 e. The predicted octanol–water partition coefficient (Wildman–Crippen LogP) is 1.15. The molecule has 114 valence electrons. The first kappa shape index (κ1) is 14.2. The minimum Gasteiger partial charge on any atom is -0.465 e. The molecule has 0 unspecified atom stereocenters. The topological polar surface area (TPSA) is 65.0 Å². The van der Waals surface area contributed by atoms with Gasteiger partial charge in [-0.2, -0.15) is 0 Å². The third kappa shape index (κ3) is 3.28. The highest BCUT2D eigenvalue weighted by atomic mass is 16.5. The van der Waals surface area contributed by atoms with E-state index in [-0.39, 0.29) is 6.10 Å². The van der Waals surface area contributed by atoms with Crippen molar-refractivity contribution in [2.75, 3.05) is 50.8 Å². The van der Waals surface area contributed by atoms with E-state index in [4.69, 9.17) is 9.84 Å². The van der Waals surface area contributed by atoms with Crippen LogP contribution in [-0.2, 0) is 4.74 Å². The van der Waals surface area contributed by atoms with Crippen LogP contribution in [0, 0.1) is 0 Å². The molecule has 0 aliphatic carbocycles. The average molecular weight is 291 g/mol. The molecule has 1 atom stereocenters. The number of piperazine rings is 1. The zero-order chi connectivity index (χ0) is 14.7. The minimum absolute atomic E-state index is 0.160. The molecular weight excluding hydrogens is 270 g/mol. The highest BCUT2D eigenvalue weighted by Crippen LogP contribution is 2.25. The van der Waals surface area contributed by atoms with E-state index >= 15 is 0 Å². The highest BCUT2D eigenvalue weighted by Gasteiger charge is 2.25. The molecule has 1 amide bonds. The van der Waals surface area contributed by atoms with Crippen LogP contribution in [0.2, 0.25) is 0 Å². The SMILES string of the molecule is O=C(O)N1CCO[C@H](c2ccc(N3CCNCC3)cc2)C1. The summed E-state index contributed by atoms with van der Waals surface area (Å²) < 4.78 is 5.70. The lowest BCUT2D eigenvalue weighted by atomic mass is 10.1. The van der Waals surface area contributed by atoms with Gasteiger partial charge in [0.2, 0.25) is 0 Å². The summed E-state index contributed by atoms with van der Waals surface area (Å²) in [5.41, 5.74) is 2.26. The van der Waals surface area contributed by atoms with Crippen molar-refractivity contribution in [3.05, 3.63) is 29.8 Å². The molecular formula is C15H21N3O3. The lowest BCUT2D eigenvalue weighted by Gasteiger charge is -2.32. The van der Waals surface area contributed by atoms with E-state index in [2.05, 4.69) is 22.3 Å². The second kappa shape index (κ2) is 6.32. The first-order chi connectivity index (χ1) is 10.2. The van der Waals surface area contributed by atoms with Gasteiger partial charge in [0.1, 0.15) is 6.10 Å². The van der Waals surface area contributed by atoms with Gasteiger partial charge in [0.25, 0.3) is 0 Å². The summed E-state index contributed by atoms with van der Waals surface area (Å²) in [5.74, 6) is 0. The van der Waals surface area contributed by atoms with Gasteiger partial charge >= 0.3 is 6.09 Å². The Hall–Kier alpha value is -1.79. The van der Waals surface area contributed by atoms with Crippen molar-refractivity contribution in [3.63, 3.8) is 0 Å². The number of carbonyl (C=O) groups is 1. The molecule has 0 radical (unpaired) electrons. The zero-order valence-electron chi connectivity index (χ0n) is 12.0. The number of hydrogen-bond donors (Lipinski definition) is 2. The van der Waals surface area contributed by atoms with Crippen molar-refractivity contribution in [1.82, 2.24) is 10.2 Å². The molecule has 0 bridgehead atoms. The van der Waals surface area contributed by atoms with Crippen LogP contribution >= 0.6 is 0 Å². The maximum atomic E-state index is 11.0. The first-order valence-corrected chi connectivity index (χ1v) is 7.39. The van der Waals surface area contributed by atoms with Crippen molar-refractivity contribution in [1.29, 1.82) is 0 Å². The van der Waals surface area contributed by atoms with E-state index in [9.17, 15) is 4.79 Å². The summed E-state index contributed by atoms with van der Waals surface area (Å²) in [4.78, 5) is 14.8. The maximum absolute atomic E-state index is 11.0. The monoisotopic (exact) mass is 291 g/mol. The van der Waals surface area contributed by atoms with Gasteiger partial charge in [0.05, 0.1) is 13.2 Å². The van der Waals surface area contributed by atoms with Crippen LogP contribution in [0.4, 0.5) is 10.5 Å². The number of morpholine rings is 1. The fourth-order valence-corrected chi connectivity index (χ4v) is 2.85. The fourth-order valence-electron chi connectivity index (χ4n) is 2.85. The standard InChI is InChI=1S/C15H21N3O3/c19-15(20)18-9-10-21-14(11-18)12-1-3-13(4-2-12)17-7-5-16-6-8-17/h1-4,14,16H,5-11H2,(H,19,20)/t14-/m0/s1. The second-order valence-electron chi connectivity index (χ2n) is 5.42. The van der Waals surface area contributed by atoms with Crippen LogP contribution in [0.1, 0.15) is 11.7 Å². The number of hydrogen-bond acceptors (Lipinski definition) is 4. The van der Waals surface area contributed by atoms with Gasteiger partial charge in [-0.15, -0.1) is 0 Å². The number of amides is 1. The summed E-state index contributed by atoms with van der Waals surface area (Å²) in [5, 5.41) is 12.4. The zero-order valence-corrected chi connectivity index (χ0v) is 12.0. The van der Waals surface area contributed by atoms with Crippen LogP contribution in [0.3, 0.4) is 0 Å². The van der Waals surface area contributed by atoms with Crippen LogP contribution in [-0.4, -0.2) is 62.0 Å². The third-order valence-electron chi connectivity index (χ3n) is 4.08. The van der Waals surface area contributed by atoms with Crippen LogP contribution < -0.4 is 10.2 Å². The van der Waals surface area contributed by atoms with Crippen molar-refractivity contribution in [2.24, 2.45) is 0 Å². The summed E-state index contributed by atoms with van der Waals surface area (Å²) in [6.45, 7) is 5.38. The molecule has 1 aromatic rings. The Morgan fingerprint density at radius 3 is 2.57 bits per heavy atom. The van der Waals surface area contributed by atoms with Crippen LogP contribution in [0.25, 0.3) is 0 Å². The van der Waals surface area contributed by atoms with E-state index in [1.807, 2.05) is 12.1 Å². The molecule has 0 spiro atoms. The lowest BCUT2D eigenvalue weighted by Crippen LogP contribution is -2.43. The Morgan fingerprint density at radius 1 is 1.19 bits per heavy atom. The van der Waals surface area contributed by atoms with Gasteiger partial charge in [-0.05, 0) is 17.7 Å². The molecule has 2 aliphatic rings. The van der Waals surface area contributed by atoms with Gasteiger partial charge in [0.15, 0.2) is 0 Å². The molecule has 2 aliphatic heterocycles. The largest absolute Gasteiger partial charge is 0.465 e. The summed E-state index contributed by atoms with van der Waals surface area (Å²) in [6.07, 6.45) is -1.03. The predicted molar refractivity (Wildman–Crippen MR) is 79.8 cm³/mol. The third-order valence-corrected chi connectivity index (χ3v) is 4.08. The molecule has 0 aromatic heterocycles. The molecule has 21 heavy (non-hydrogen) atoms. The van der Waals surface area contributed by atoms with Crippen molar-refractivity contribution in [2.45, 2.75) is 6.10 Å². The number of nitrogens with zero attached hydrogens (tertiary/aromatic N) is 2. The minimum atomic E-state index is -0.874. The summed E-state index contributed by atoms with van der Waals surface area (Å²) in [6, 6.07) is 8.30. The van der Waals surface area contributed by atoms with Crippen molar-refractivity contribution >= 4 is 11.8 Å². The Labute approximate surface area is 124 Å². The van der Waals surface area contributed by atoms with E-state index in [0.717, 1.165) is 31.7 Å². The Bertz CT molecular complexity index is 485. The molecule has 6 heteroatoms. The van der Waals surface area contributed by atoms with Gasteiger partial charge < -0.3 is 25.0 Å². The lowest BCUT2D eigenvalue weighted by molar-refractivity contribution is -0.0231. The van der Waals surface area contributed by atoms with E-state index in [1.165, 1.54) is 10.6 Å². The van der Waals surface area contributed by atoms with E-state index < -0.39 is 6.09 Å². The Kier molecular flexibility index (Phi) is 4.26. The van der Waals surface area contributed by atoms with E-state index in [1.54, 1.807) is 0 Å². The second-order valence-corrected chi connectivity index (χ2v) is 5.42. The van der Waals surface area contributed by atoms with Gasteiger partial charge in [0, 0.05) is 38.4 Å². The summed E-state index contributed by atoms with van der Waals surface area (Å²) in [7, 11) is 0. The first-order valence-electron chi connectivity index (χ1n) is 7.39. The molecule has 0 saturated carbocycles.